The molecule has 0 unspecified atom stereocenters. The zero-order valence-corrected chi connectivity index (χ0v) is 38.0. The Morgan fingerprint density at radius 1 is 0.921 bits per heavy atom. The number of amidine groups is 1. The Labute approximate surface area is 383 Å². The van der Waals surface area contributed by atoms with Crippen LogP contribution in [0.15, 0.2) is 70.8 Å². The molecule has 5 heterocycles. The van der Waals surface area contributed by atoms with Crippen LogP contribution in [-0.2, 0) is 23.8 Å². The highest BCUT2D eigenvalue weighted by molar-refractivity contribution is 7.15. The molecule has 20 heteroatoms. The van der Waals surface area contributed by atoms with Crippen molar-refractivity contribution in [3.8, 4) is 5.00 Å². The monoisotopic (exact) mass is 933 g/mol. The molecule has 2 aliphatic heterocycles. The van der Waals surface area contributed by atoms with Gasteiger partial charge in [-0.1, -0.05) is 46.9 Å². The predicted octanol–water partition coefficient (Wildman–Crippen LogP) is 6.73. The Balaban J connectivity index is 0.749. The fourth-order valence-corrected chi connectivity index (χ4v) is 8.33. The average molecular weight is 935 g/mol. The Bertz CT molecular complexity index is 2510. The second kappa shape index (κ2) is 21.9. The van der Waals surface area contributed by atoms with Crippen LogP contribution in [0, 0.1) is 20.8 Å². The van der Waals surface area contributed by atoms with Crippen molar-refractivity contribution in [2.75, 3.05) is 64.3 Å². The maximum absolute atomic E-state index is 13.2. The van der Waals surface area contributed by atoms with Gasteiger partial charge in [0.15, 0.2) is 17.5 Å². The van der Waals surface area contributed by atoms with Gasteiger partial charge in [-0.3, -0.25) is 29.6 Å². The first kappa shape index (κ1) is 45.7. The molecule has 330 valence electrons. The van der Waals surface area contributed by atoms with E-state index in [1.807, 2.05) is 46.8 Å². The first-order valence-electron chi connectivity index (χ1n) is 20.3. The largest absolute Gasteiger partial charge is 0.377 e. The fourth-order valence-electron chi connectivity index (χ4n) is 6.70. The van der Waals surface area contributed by atoms with Crippen LogP contribution in [-0.4, -0.2) is 107 Å². The van der Waals surface area contributed by atoms with Crippen LogP contribution in [0.3, 0.4) is 0 Å². The van der Waals surface area contributed by atoms with Crippen molar-refractivity contribution in [1.82, 2.24) is 40.8 Å². The third-order valence-electron chi connectivity index (χ3n) is 9.94. The second-order valence-corrected chi connectivity index (χ2v) is 16.8. The van der Waals surface area contributed by atoms with Gasteiger partial charge in [-0.2, -0.15) is 0 Å². The van der Waals surface area contributed by atoms with Crippen molar-refractivity contribution in [3.63, 3.8) is 0 Å². The van der Waals surface area contributed by atoms with Gasteiger partial charge in [-0.05, 0) is 62.7 Å². The topological polar surface area (TPSA) is 182 Å². The number of carbonyl (C=O) groups excluding carboxylic acids is 2. The summed E-state index contributed by atoms with van der Waals surface area (Å²) < 4.78 is 18.8. The third kappa shape index (κ3) is 12.1. The van der Waals surface area contributed by atoms with Gasteiger partial charge in [0.1, 0.15) is 22.7 Å². The third-order valence-corrected chi connectivity index (χ3v) is 12.1. The highest BCUT2D eigenvalue weighted by atomic mass is 35.5. The zero-order chi connectivity index (χ0) is 44.3. The number of halogens is 3. The molecule has 63 heavy (non-hydrogen) atoms. The van der Waals surface area contributed by atoms with Gasteiger partial charge in [-0.25, -0.2) is 15.0 Å². The number of anilines is 1. The van der Waals surface area contributed by atoms with Crippen molar-refractivity contribution in [1.29, 1.82) is 0 Å². The van der Waals surface area contributed by atoms with E-state index in [-0.39, 0.29) is 18.2 Å². The van der Waals surface area contributed by atoms with Gasteiger partial charge in [0, 0.05) is 65.4 Å². The number of nitrogens with one attached hydrogen (secondary N) is 3. The normalized spacial score (nSPS) is 15.3. The first-order chi connectivity index (χ1) is 30.5. The lowest BCUT2D eigenvalue weighted by Crippen LogP contribution is -2.33. The second-order valence-electron chi connectivity index (χ2n) is 14.4. The number of hydrogen-bond donors (Lipinski definition) is 3. The van der Waals surface area contributed by atoms with E-state index in [1.54, 1.807) is 35.7 Å². The molecule has 0 spiro atoms. The number of rotatable bonds is 19. The summed E-state index contributed by atoms with van der Waals surface area (Å²) in [6, 6.07) is 14.1. The molecule has 5 aromatic rings. The standard InChI is InChI=1S/C43H46Cl3N11O5S/c1-26-27(2)63-43-40(26)41(29-4-6-30(44)7-5-29)50-34(42-54-53-28(3)57(42)43)25-39(59)49-16-19-61-21-23-62-22-20-60-18-15-48-38(58)11-10-35-47-14-12-36(51-35)52-37-13-17-56(55-37)31-8-9-32(45)33(46)24-31/h4-12,14,24,34H,13,15-23,25H2,1-3H3,(H,48,58)(H,49,59)(H,47,51,52,55)/b11-10+/t34-/m0/s1. The molecule has 0 radical (unpaired) electrons. The van der Waals surface area contributed by atoms with E-state index >= 15 is 0 Å². The SMILES string of the molecule is Cc1sc2c(c1C)C(c1ccc(Cl)cc1)=N[C@@H](CC(=O)NCCOCCOCCOCCNC(=O)/C=C/c1nccc(N=C3CCN(c4ccc(Cl)c(Cl)c4)N3)n1)c1nnc(C)n1-2. The molecule has 1 saturated heterocycles. The maximum Gasteiger partial charge on any atom is 0.244 e. The van der Waals surface area contributed by atoms with Crippen LogP contribution >= 0.6 is 46.1 Å². The summed E-state index contributed by atoms with van der Waals surface area (Å²) in [4.78, 5) is 45.1. The minimum absolute atomic E-state index is 0.0916. The molecule has 1 fully saturated rings. The molecule has 0 saturated carbocycles. The van der Waals surface area contributed by atoms with Crippen LogP contribution in [0.25, 0.3) is 11.1 Å². The minimum Gasteiger partial charge on any atom is -0.377 e. The van der Waals surface area contributed by atoms with Gasteiger partial charge in [-0.15, -0.1) is 21.5 Å². The molecular weight excluding hydrogens is 889 g/mol. The number of nitrogens with zero attached hydrogens (tertiary/aromatic N) is 8. The summed E-state index contributed by atoms with van der Waals surface area (Å²) in [6.45, 7) is 9.51. The maximum atomic E-state index is 13.2. The quantitative estimate of drug-likeness (QED) is 0.0590. The van der Waals surface area contributed by atoms with Gasteiger partial charge < -0.3 is 24.8 Å². The van der Waals surface area contributed by atoms with Crippen molar-refractivity contribution in [2.24, 2.45) is 9.98 Å². The Morgan fingerprint density at radius 3 is 2.40 bits per heavy atom. The number of fused-ring (bicyclic) bond motifs is 3. The Hall–Kier alpha value is -5.27. The number of aliphatic imine (C=N–C) groups is 2. The molecule has 0 bridgehead atoms. The van der Waals surface area contributed by atoms with Crippen molar-refractivity contribution < 1.29 is 23.8 Å². The Kier molecular flexibility index (Phi) is 15.9. The number of ether oxygens (including phenoxy) is 3. The van der Waals surface area contributed by atoms with E-state index in [0.717, 1.165) is 44.8 Å². The van der Waals surface area contributed by atoms with Crippen molar-refractivity contribution in [2.45, 2.75) is 39.7 Å². The molecule has 2 aliphatic rings. The van der Waals surface area contributed by atoms with E-state index < -0.39 is 6.04 Å². The van der Waals surface area contributed by atoms with Crippen LogP contribution in [0.4, 0.5) is 11.5 Å². The number of aryl methyl sites for hydroxylation is 2. The molecule has 3 aromatic heterocycles. The summed E-state index contributed by atoms with van der Waals surface area (Å²) >= 11 is 20.1. The molecule has 1 atom stereocenters. The molecule has 3 N–H and O–H groups in total. The number of carbonyl (C=O) groups is 2. The average Bonchev–Trinajstić information content (AvgIpc) is 3.95. The predicted molar refractivity (Wildman–Crippen MR) is 246 cm³/mol. The zero-order valence-electron chi connectivity index (χ0n) is 34.9. The lowest BCUT2D eigenvalue weighted by Gasteiger charge is -2.18. The number of aromatic nitrogens is 5. The molecule has 0 aliphatic carbocycles. The Morgan fingerprint density at radius 2 is 1.65 bits per heavy atom. The molecule has 2 amide bonds. The molecular formula is C43H46Cl3N11O5S. The number of benzene rings is 2. The number of amides is 2. The highest BCUT2D eigenvalue weighted by Gasteiger charge is 2.32. The summed E-state index contributed by atoms with van der Waals surface area (Å²) in [5.41, 5.74) is 7.97. The number of hydrazine groups is 1. The fraction of sp³-hybridized carbons (Fsp3) is 0.349. The van der Waals surface area contributed by atoms with E-state index in [1.165, 1.54) is 17.0 Å². The van der Waals surface area contributed by atoms with Crippen LogP contribution in [0.1, 0.15) is 57.9 Å². The van der Waals surface area contributed by atoms with Gasteiger partial charge in [0.25, 0.3) is 0 Å². The lowest BCUT2D eigenvalue weighted by atomic mass is 9.99. The minimum atomic E-state index is -0.553. The van der Waals surface area contributed by atoms with E-state index in [0.29, 0.717) is 98.2 Å². The van der Waals surface area contributed by atoms with Crippen LogP contribution < -0.4 is 21.1 Å². The van der Waals surface area contributed by atoms with Crippen LogP contribution in [0.5, 0.6) is 0 Å². The van der Waals surface area contributed by atoms with Crippen LogP contribution in [0.2, 0.25) is 15.1 Å². The van der Waals surface area contributed by atoms with E-state index in [9.17, 15) is 9.59 Å². The summed E-state index contributed by atoms with van der Waals surface area (Å²) in [6.07, 6.45) is 5.25. The smallest absolute Gasteiger partial charge is 0.244 e. The number of hydrogen-bond acceptors (Lipinski definition) is 13. The summed E-state index contributed by atoms with van der Waals surface area (Å²) in [5, 5.41) is 19.1. The van der Waals surface area contributed by atoms with Gasteiger partial charge in [0.2, 0.25) is 11.8 Å². The summed E-state index contributed by atoms with van der Waals surface area (Å²) in [7, 11) is 0. The lowest BCUT2D eigenvalue weighted by molar-refractivity contribution is -0.121. The highest BCUT2D eigenvalue weighted by Crippen LogP contribution is 2.39. The first-order valence-corrected chi connectivity index (χ1v) is 22.2. The van der Waals surface area contributed by atoms with Crippen molar-refractivity contribution >= 4 is 87.1 Å². The van der Waals surface area contributed by atoms with Crippen molar-refractivity contribution in [3.05, 3.63) is 115 Å². The molecule has 7 rings (SSSR count). The van der Waals surface area contributed by atoms with Gasteiger partial charge >= 0.3 is 0 Å². The van der Waals surface area contributed by atoms with E-state index in [4.69, 9.17) is 54.0 Å². The van der Waals surface area contributed by atoms with Gasteiger partial charge in [0.05, 0.1) is 67.5 Å². The van der Waals surface area contributed by atoms with E-state index in [2.05, 4.69) is 55.1 Å². The summed E-state index contributed by atoms with van der Waals surface area (Å²) in [5.74, 6) is 2.42. The number of thiophene rings is 1. The molecule has 2 aromatic carbocycles. The molecule has 16 nitrogen and oxygen atoms in total.